The van der Waals surface area contributed by atoms with Gasteiger partial charge in [0, 0.05) is 13.0 Å². The van der Waals surface area contributed by atoms with E-state index in [0.717, 1.165) is 17.0 Å². The van der Waals surface area contributed by atoms with Gasteiger partial charge >= 0.3 is 0 Å². The molecule has 1 aliphatic rings. The maximum absolute atomic E-state index is 13.8. The van der Waals surface area contributed by atoms with Crippen molar-refractivity contribution in [3.05, 3.63) is 29.6 Å². The molecule has 0 saturated carbocycles. The first kappa shape index (κ1) is 14.4. The second-order valence-electron chi connectivity index (χ2n) is 4.46. The Labute approximate surface area is 113 Å². The lowest BCUT2D eigenvalue weighted by atomic mass is 10.2. The highest BCUT2D eigenvalue weighted by molar-refractivity contribution is 6.01. The van der Waals surface area contributed by atoms with Gasteiger partial charge in [-0.2, -0.15) is 0 Å². The summed E-state index contributed by atoms with van der Waals surface area (Å²) in [4.78, 5) is 24.6. The van der Waals surface area contributed by atoms with Gasteiger partial charge in [0.25, 0.3) is 0 Å². The molecule has 1 saturated heterocycles. The van der Waals surface area contributed by atoms with Crippen molar-refractivity contribution in [3.63, 3.8) is 0 Å². The number of nitrogens with one attached hydrogen (secondary N) is 1. The number of hydrogen-bond acceptors (Lipinski definition) is 2. The third-order valence-corrected chi connectivity index (χ3v) is 3.18. The lowest BCUT2D eigenvalue weighted by Gasteiger charge is -2.24. The van der Waals surface area contributed by atoms with Crippen LogP contribution < -0.4 is 10.2 Å². The van der Waals surface area contributed by atoms with E-state index in [1.165, 1.54) is 0 Å². The van der Waals surface area contributed by atoms with Crippen LogP contribution in [-0.2, 0) is 9.59 Å². The van der Waals surface area contributed by atoms with Crippen LogP contribution in [0.15, 0.2) is 12.1 Å². The fraction of sp³-hybridized carbons (Fsp3) is 0.385. The largest absolute Gasteiger partial charge is 0.344 e. The lowest BCUT2D eigenvalue weighted by molar-refractivity contribution is -0.125. The van der Waals surface area contributed by atoms with E-state index < -0.39 is 29.4 Å². The van der Waals surface area contributed by atoms with Gasteiger partial charge in [0.05, 0.1) is 5.69 Å². The highest BCUT2D eigenvalue weighted by atomic mass is 19.2. The van der Waals surface area contributed by atoms with Gasteiger partial charge in [-0.1, -0.05) is 6.92 Å². The monoisotopic (exact) mass is 286 g/mol. The zero-order valence-corrected chi connectivity index (χ0v) is 10.8. The smallest absolute Gasteiger partial charge is 0.249 e. The van der Waals surface area contributed by atoms with E-state index in [-0.39, 0.29) is 24.6 Å². The molecule has 0 bridgehead atoms. The van der Waals surface area contributed by atoms with E-state index in [1.807, 2.05) is 0 Å². The Hall–Kier alpha value is -2.05. The third kappa shape index (κ3) is 2.48. The Kier molecular flexibility index (Phi) is 3.96. The first-order chi connectivity index (χ1) is 9.45. The normalized spacial score (nSPS) is 19.8. The highest BCUT2D eigenvalue weighted by Crippen LogP contribution is 2.25. The Morgan fingerprint density at radius 1 is 1.25 bits per heavy atom. The Morgan fingerprint density at radius 3 is 2.60 bits per heavy atom. The van der Waals surface area contributed by atoms with Crippen molar-refractivity contribution in [2.45, 2.75) is 25.8 Å². The van der Waals surface area contributed by atoms with Crippen molar-refractivity contribution in [2.24, 2.45) is 0 Å². The van der Waals surface area contributed by atoms with Gasteiger partial charge < -0.3 is 10.2 Å². The quantitative estimate of drug-likeness (QED) is 0.842. The molecule has 0 aromatic heterocycles. The zero-order chi connectivity index (χ0) is 14.9. The van der Waals surface area contributed by atoms with E-state index in [1.54, 1.807) is 6.92 Å². The van der Waals surface area contributed by atoms with E-state index in [0.29, 0.717) is 6.42 Å². The molecule has 7 heteroatoms. The van der Waals surface area contributed by atoms with Crippen molar-refractivity contribution < 1.29 is 22.8 Å². The molecule has 1 aromatic carbocycles. The third-order valence-electron chi connectivity index (χ3n) is 3.18. The fourth-order valence-electron chi connectivity index (χ4n) is 2.08. The van der Waals surface area contributed by atoms with Crippen molar-refractivity contribution in [3.8, 4) is 0 Å². The topological polar surface area (TPSA) is 49.4 Å². The van der Waals surface area contributed by atoms with Gasteiger partial charge in [0.15, 0.2) is 17.5 Å². The number of benzene rings is 1. The minimum absolute atomic E-state index is 0.0271. The molecule has 0 aliphatic carbocycles. The van der Waals surface area contributed by atoms with Crippen molar-refractivity contribution in [2.75, 3.05) is 11.4 Å². The van der Waals surface area contributed by atoms with Crippen LogP contribution in [0.25, 0.3) is 0 Å². The lowest BCUT2D eigenvalue weighted by Crippen LogP contribution is -2.44. The van der Waals surface area contributed by atoms with Gasteiger partial charge in [-0.15, -0.1) is 0 Å². The molecular weight excluding hydrogens is 273 g/mol. The molecule has 0 radical (unpaired) electrons. The van der Waals surface area contributed by atoms with Crippen LogP contribution in [0.3, 0.4) is 0 Å². The Bertz CT molecular complexity index is 563. The molecule has 20 heavy (non-hydrogen) atoms. The molecule has 1 aliphatic heterocycles. The molecular formula is C13H13F3N2O2. The molecule has 2 amide bonds. The predicted octanol–water partition coefficient (Wildman–Crippen LogP) is 1.74. The summed E-state index contributed by atoms with van der Waals surface area (Å²) in [6.07, 6.45) is 0.299. The Balaban J connectivity index is 2.42. The second kappa shape index (κ2) is 5.52. The number of carbonyl (C=O) groups excluding carboxylic acids is 2. The van der Waals surface area contributed by atoms with Crippen LogP contribution in [0.5, 0.6) is 0 Å². The first-order valence-electron chi connectivity index (χ1n) is 6.20. The molecule has 2 rings (SSSR count). The molecule has 4 nitrogen and oxygen atoms in total. The van der Waals surface area contributed by atoms with Crippen molar-refractivity contribution >= 4 is 17.5 Å². The minimum atomic E-state index is -1.63. The maximum atomic E-state index is 13.8. The summed E-state index contributed by atoms with van der Waals surface area (Å²) in [5, 5.41) is 2.50. The number of nitrogens with zero attached hydrogens (tertiary/aromatic N) is 1. The van der Waals surface area contributed by atoms with Crippen LogP contribution in [0.4, 0.5) is 18.9 Å². The van der Waals surface area contributed by atoms with Crippen LogP contribution in [-0.4, -0.2) is 24.4 Å². The van der Waals surface area contributed by atoms with E-state index in [2.05, 4.69) is 5.32 Å². The number of carbonyl (C=O) groups is 2. The predicted molar refractivity (Wildman–Crippen MR) is 65.5 cm³/mol. The van der Waals surface area contributed by atoms with Crippen LogP contribution in [0.2, 0.25) is 0 Å². The molecule has 1 aromatic rings. The summed E-state index contributed by atoms with van der Waals surface area (Å²) >= 11 is 0. The van der Waals surface area contributed by atoms with Crippen LogP contribution in [0.1, 0.15) is 19.8 Å². The van der Waals surface area contributed by atoms with E-state index in [4.69, 9.17) is 0 Å². The minimum Gasteiger partial charge on any atom is -0.344 e. The van der Waals surface area contributed by atoms with Gasteiger partial charge in [0.2, 0.25) is 11.8 Å². The molecule has 1 fully saturated rings. The molecule has 1 N–H and O–H groups in total. The summed E-state index contributed by atoms with van der Waals surface area (Å²) in [5.74, 6) is -5.26. The van der Waals surface area contributed by atoms with Crippen LogP contribution in [0, 0.1) is 17.5 Å². The summed E-state index contributed by atoms with van der Waals surface area (Å²) in [5.41, 5.74) is -0.358. The standard InChI is InChI=1S/C13H13F3N2O2/c1-2-8-13(20)18(6-5-10(19)17-8)9-4-3-7(14)11(15)12(9)16/h3-4,8H,2,5-6H2,1H3,(H,17,19). The molecule has 108 valence electrons. The Morgan fingerprint density at radius 2 is 1.95 bits per heavy atom. The number of hydrogen-bond donors (Lipinski definition) is 1. The second-order valence-corrected chi connectivity index (χ2v) is 4.46. The van der Waals surface area contributed by atoms with Crippen LogP contribution >= 0.6 is 0 Å². The molecule has 1 unspecified atom stereocenters. The summed E-state index contributed by atoms with van der Waals surface area (Å²) in [6, 6.07) is 0.952. The van der Waals surface area contributed by atoms with E-state index >= 15 is 0 Å². The van der Waals surface area contributed by atoms with E-state index in [9.17, 15) is 22.8 Å². The van der Waals surface area contributed by atoms with Gasteiger partial charge in [-0.3, -0.25) is 9.59 Å². The highest BCUT2D eigenvalue weighted by Gasteiger charge is 2.31. The summed E-state index contributed by atoms with van der Waals surface area (Å²) in [6.45, 7) is 1.61. The van der Waals surface area contributed by atoms with Gasteiger partial charge in [0.1, 0.15) is 6.04 Å². The summed E-state index contributed by atoms with van der Waals surface area (Å²) in [7, 11) is 0. The molecule has 0 spiro atoms. The number of halogens is 3. The number of amides is 2. The average Bonchev–Trinajstić information content (AvgIpc) is 2.57. The SMILES string of the molecule is CCC1NC(=O)CCN(c2ccc(F)c(F)c2F)C1=O. The van der Waals surface area contributed by atoms with Crippen molar-refractivity contribution in [1.82, 2.24) is 5.32 Å². The van der Waals surface area contributed by atoms with Gasteiger partial charge in [-0.05, 0) is 18.6 Å². The number of anilines is 1. The molecule has 1 atom stereocenters. The fourth-order valence-corrected chi connectivity index (χ4v) is 2.08. The average molecular weight is 286 g/mol. The van der Waals surface area contributed by atoms with Crippen molar-refractivity contribution in [1.29, 1.82) is 0 Å². The first-order valence-corrected chi connectivity index (χ1v) is 6.20. The number of rotatable bonds is 2. The molecule has 1 heterocycles. The van der Waals surface area contributed by atoms with Gasteiger partial charge in [-0.25, -0.2) is 13.2 Å². The zero-order valence-electron chi connectivity index (χ0n) is 10.8. The summed E-state index contributed by atoms with van der Waals surface area (Å²) < 4.78 is 40.0. The maximum Gasteiger partial charge on any atom is 0.249 e.